The van der Waals surface area contributed by atoms with Crippen LogP contribution in [0.5, 0.6) is 0 Å². The number of benzene rings is 2. The molecular weight excluding hydrogens is 627 g/mol. The molecule has 1 aliphatic carbocycles. The SMILES string of the molecule is CC(C)N1CC2N(Sc3ccc(Cl)cc3Cl)CC(N(C(=O)C3CCCC3)C(C)C)C(=O)N2C(Cc2ccc(Cl)cc2)C1=O. The van der Waals surface area contributed by atoms with E-state index in [2.05, 4.69) is 4.31 Å². The summed E-state index contributed by atoms with van der Waals surface area (Å²) in [6, 6.07) is 11.0. The lowest BCUT2D eigenvalue weighted by Gasteiger charge is -2.56. The number of piperazine rings is 1. The van der Waals surface area contributed by atoms with Crippen molar-refractivity contribution in [3.63, 3.8) is 0 Å². The summed E-state index contributed by atoms with van der Waals surface area (Å²) >= 11 is 20.4. The summed E-state index contributed by atoms with van der Waals surface area (Å²) in [6.45, 7) is 8.58. The molecule has 3 aliphatic rings. The van der Waals surface area contributed by atoms with E-state index < -0.39 is 18.2 Å². The summed E-state index contributed by atoms with van der Waals surface area (Å²) in [7, 11) is 0. The fourth-order valence-electron chi connectivity index (χ4n) is 6.57. The monoisotopic (exact) mass is 664 g/mol. The average Bonchev–Trinajstić information content (AvgIpc) is 3.49. The number of hydrogen-bond acceptors (Lipinski definition) is 5. The maximum Gasteiger partial charge on any atom is 0.248 e. The molecule has 0 spiro atoms. The Labute approximate surface area is 273 Å². The molecule has 2 aromatic carbocycles. The van der Waals surface area contributed by atoms with Crippen molar-refractivity contribution in [3.05, 3.63) is 63.1 Å². The van der Waals surface area contributed by atoms with Crippen molar-refractivity contribution in [3.8, 4) is 0 Å². The van der Waals surface area contributed by atoms with Crippen LogP contribution in [0.2, 0.25) is 15.1 Å². The maximum atomic E-state index is 14.7. The van der Waals surface area contributed by atoms with E-state index in [0.29, 0.717) is 34.6 Å². The zero-order valence-corrected chi connectivity index (χ0v) is 28.1. The van der Waals surface area contributed by atoms with Crippen molar-refractivity contribution < 1.29 is 14.4 Å². The molecule has 0 aromatic heterocycles. The van der Waals surface area contributed by atoms with Gasteiger partial charge in [0.1, 0.15) is 18.2 Å². The first kappa shape index (κ1) is 32.4. The van der Waals surface area contributed by atoms with E-state index in [-0.39, 0.29) is 35.7 Å². The molecule has 5 rings (SSSR count). The number of hydrogen-bond donors (Lipinski definition) is 0. The highest BCUT2D eigenvalue weighted by Crippen LogP contribution is 2.40. The topological polar surface area (TPSA) is 64.2 Å². The van der Waals surface area contributed by atoms with Gasteiger partial charge in [-0.3, -0.25) is 14.4 Å². The maximum absolute atomic E-state index is 14.7. The molecule has 11 heteroatoms. The Bertz CT molecular complexity index is 1350. The molecule has 0 radical (unpaired) electrons. The molecule has 2 heterocycles. The Morgan fingerprint density at radius 2 is 1.58 bits per heavy atom. The molecule has 0 bridgehead atoms. The van der Waals surface area contributed by atoms with Crippen LogP contribution in [-0.4, -0.2) is 80.1 Å². The number of halogens is 3. The van der Waals surface area contributed by atoms with Crippen LogP contribution in [0.1, 0.15) is 58.9 Å². The van der Waals surface area contributed by atoms with Crippen LogP contribution >= 0.6 is 46.8 Å². The Kier molecular flexibility index (Phi) is 10.2. The molecule has 3 atom stereocenters. The van der Waals surface area contributed by atoms with Gasteiger partial charge in [-0.05, 0) is 88.4 Å². The minimum atomic E-state index is -0.742. The minimum absolute atomic E-state index is 0.0279. The van der Waals surface area contributed by atoms with Crippen LogP contribution in [-0.2, 0) is 20.8 Å². The van der Waals surface area contributed by atoms with Crippen LogP contribution in [0.25, 0.3) is 0 Å². The molecule has 2 saturated heterocycles. The normalized spacial score (nSPS) is 23.4. The highest BCUT2D eigenvalue weighted by atomic mass is 35.5. The fourth-order valence-corrected chi connectivity index (χ4v) is 8.24. The lowest BCUT2D eigenvalue weighted by molar-refractivity contribution is -0.174. The van der Waals surface area contributed by atoms with Crippen molar-refractivity contribution >= 4 is 64.5 Å². The van der Waals surface area contributed by atoms with Crippen molar-refractivity contribution in [2.75, 3.05) is 13.1 Å². The highest BCUT2D eigenvalue weighted by Gasteiger charge is 2.53. The fraction of sp³-hybridized carbons (Fsp3) is 0.531. The lowest BCUT2D eigenvalue weighted by atomic mass is 9.95. The zero-order chi connectivity index (χ0) is 31.0. The van der Waals surface area contributed by atoms with Gasteiger partial charge >= 0.3 is 0 Å². The van der Waals surface area contributed by atoms with Gasteiger partial charge in [-0.15, -0.1) is 0 Å². The molecule has 0 N–H and O–H groups in total. The molecular formula is C32H39Cl3N4O3S. The zero-order valence-electron chi connectivity index (χ0n) is 25.0. The largest absolute Gasteiger partial charge is 0.335 e. The lowest BCUT2D eigenvalue weighted by Crippen LogP contribution is -2.75. The quantitative estimate of drug-likeness (QED) is 0.291. The summed E-state index contributed by atoms with van der Waals surface area (Å²) in [5.74, 6) is -0.327. The van der Waals surface area contributed by atoms with Crippen molar-refractivity contribution in [2.45, 2.75) is 95.0 Å². The van der Waals surface area contributed by atoms with Crippen molar-refractivity contribution in [1.82, 2.24) is 19.0 Å². The molecule has 43 heavy (non-hydrogen) atoms. The molecule has 3 fully saturated rings. The third-order valence-electron chi connectivity index (χ3n) is 8.74. The summed E-state index contributed by atoms with van der Waals surface area (Å²) in [5.41, 5.74) is 0.907. The van der Waals surface area contributed by atoms with E-state index in [1.165, 1.54) is 11.9 Å². The van der Waals surface area contributed by atoms with Gasteiger partial charge in [0.25, 0.3) is 0 Å². The first-order chi connectivity index (χ1) is 20.5. The van der Waals surface area contributed by atoms with Gasteiger partial charge < -0.3 is 14.7 Å². The average molecular weight is 666 g/mol. The first-order valence-corrected chi connectivity index (χ1v) is 17.0. The number of carbonyl (C=O) groups excluding carboxylic acids is 3. The Balaban J connectivity index is 1.58. The standard InChI is InChI=1S/C32H39Cl3N4O3S/c1-19(2)36-18-29-37(43-28-14-13-24(34)16-25(28)35)17-27(38(20(3)4)30(40)22-7-5-6-8-22)32(42)39(29)26(31(36)41)15-21-9-11-23(33)12-10-21/h9-14,16,19-20,22,26-27,29H,5-8,15,17-18H2,1-4H3. The van der Waals surface area contributed by atoms with Gasteiger partial charge in [0.15, 0.2) is 0 Å². The molecule has 3 unspecified atom stereocenters. The van der Waals surface area contributed by atoms with Gasteiger partial charge in [0, 0.05) is 45.9 Å². The third-order valence-corrected chi connectivity index (χ3v) is 10.8. The van der Waals surface area contributed by atoms with Crippen molar-refractivity contribution in [2.24, 2.45) is 5.92 Å². The summed E-state index contributed by atoms with van der Waals surface area (Å²) in [4.78, 5) is 48.9. The predicted octanol–water partition coefficient (Wildman–Crippen LogP) is 6.78. The van der Waals surface area contributed by atoms with Gasteiger partial charge in [-0.25, -0.2) is 4.31 Å². The number of fused-ring (bicyclic) bond motifs is 1. The van der Waals surface area contributed by atoms with E-state index in [0.717, 1.165) is 36.1 Å². The van der Waals surface area contributed by atoms with Gasteiger partial charge in [-0.1, -0.05) is 59.8 Å². The van der Waals surface area contributed by atoms with Gasteiger partial charge in [0.2, 0.25) is 17.7 Å². The second kappa shape index (κ2) is 13.6. The Morgan fingerprint density at radius 1 is 0.930 bits per heavy atom. The minimum Gasteiger partial charge on any atom is -0.335 e. The van der Waals surface area contributed by atoms with E-state index >= 15 is 0 Å². The summed E-state index contributed by atoms with van der Waals surface area (Å²) in [5, 5.41) is 1.65. The van der Waals surface area contributed by atoms with E-state index in [1.807, 2.05) is 50.8 Å². The number of amides is 3. The summed E-state index contributed by atoms with van der Waals surface area (Å²) < 4.78 is 2.13. The van der Waals surface area contributed by atoms with E-state index in [1.54, 1.807) is 34.1 Å². The molecule has 3 amide bonds. The molecule has 232 valence electrons. The first-order valence-electron chi connectivity index (χ1n) is 15.0. The van der Waals surface area contributed by atoms with Crippen LogP contribution in [0.3, 0.4) is 0 Å². The van der Waals surface area contributed by atoms with Crippen LogP contribution in [0.15, 0.2) is 47.4 Å². The Hall–Kier alpha value is -1.97. The van der Waals surface area contributed by atoms with E-state index in [4.69, 9.17) is 34.8 Å². The van der Waals surface area contributed by atoms with Crippen LogP contribution in [0, 0.1) is 5.92 Å². The molecule has 1 saturated carbocycles. The van der Waals surface area contributed by atoms with Crippen LogP contribution in [0.4, 0.5) is 0 Å². The second-order valence-corrected chi connectivity index (χ2v) is 14.6. The molecule has 7 nitrogen and oxygen atoms in total. The molecule has 2 aromatic rings. The smallest absolute Gasteiger partial charge is 0.248 e. The van der Waals surface area contributed by atoms with Crippen molar-refractivity contribution in [1.29, 1.82) is 0 Å². The number of carbonyl (C=O) groups is 3. The highest BCUT2D eigenvalue weighted by molar-refractivity contribution is 7.97. The predicted molar refractivity (Wildman–Crippen MR) is 173 cm³/mol. The number of nitrogens with zero attached hydrogens (tertiary/aromatic N) is 4. The Morgan fingerprint density at radius 3 is 2.19 bits per heavy atom. The number of rotatable bonds is 8. The van der Waals surface area contributed by atoms with E-state index in [9.17, 15) is 14.4 Å². The molecule has 2 aliphatic heterocycles. The van der Waals surface area contributed by atoms with Gasteiger partial charge in [0.05, 0.1) is 11.6 Å². The third kappa shape index (κ3) is 6.84. The van der Waals surface area contributed by atoms with Gasteiger partial charge in [-0.2, -0.15) is 0 Å². The second-order valence-electron chi connectivity index (χ2n) is 12.3. The van der Waals surface area contributed by atoms with Crippen LogP contribution < -0.4 is 0 Å². The summed E-state index contributed by atoms with van der Waals surface area (Å²) in [6.07, 6.45) is 3.65.